The Kier molecular flexibility index (Phi) is 14.4. The van der Waals surface area contributed by atoms with Gasteiger partial charge in [0.2, 0.25) is 0 Å². The summed E-state index contributed by atoms with van der Waals surface area (Å²) in [5, 5.41) is 5.45. The summed E-state index contributed by atoms with van der Waals surface area (Å²) in [5.74, 6) is 0. The summed E-state index contributed by atoms with van der Waals surface area (Å²) in [6.07, 6.45) is 2.19. The number of hydrogen-bond donors (Lipinski definition) is 0. The molecular formula is C45H53Cl2Zr-3. The van der Waals surface area contributed by atoms with Crippen molar-refractivity contribution in [2.75, 3.05) is 0 Å². The van der Waals surface area contributed by atoms with Gasteiger partial charge >= 0.3 is 46.5 Å². The second-order valence-corrected chi connectivity index (χ2v) is 23.1. The zero-order valence-electron chi connectivity index (χ0n) is 30.6. The first kappa shape index (κ1) is 39.9. The molecule has 0 unspecified atom stereocenters. The van der Waals surface area contributed by atoms with Gasteiger partial charge in [0.05, 0.1) is 0 Å². The van der Waals surface area contributed by atoms with Crippen molar-refractivity contribution in [1.82, 2.24) is 0 Å². The molecule has 0 aliphatic rings. The normalized spacial score (nSPS) is 11.2. The Morgan fingerprint density at radius 1 is 0.583 bits per heavy atom. The van der Waals surface area contributed by atoms with Crippen LogP contribution in [0.2, 0.25) is 0 Å². The summed E-state index contributed by atoms with van der Waals surface area (Å²) in [7, 11) is 10.7. The van der Waals surface area contributed by atoms with Gasteiger partial charge < -0.3 is 7.43 Å². The van der Waals surface area contributed by atoms with Gasteiger partial charge in [0.15, 0.2) is 0 Å². The van der Waals surface area contributed by atoms with E-state index in [1.807, 2.05) is 10.6 Å². The van der Waals surface area contributed by atoms with Crippen LogP contribution in [0.5, 0.6) is 0 Å². The fourth-order valence-corrected chi connectivity index (χ4v) is 5.80. The number of hydrogen-bond acceptors (Lipinski definition) is 0. The van der Waals surface area contributed by atoms with E-state index in [0.29, 0.717) is 0 Å². The van der Waals surface area contributed by atoms with Crippen LogP contribution in [-0.4, -0.2) is 3.71 Å². The topological polar surface area (TPSA) is 0 Å². The monoisotopic (exact) mass is 753 g/mol. The molecule has 0 nitrogen and oxygen atoms in total. The van der Waals surface area contributed by atoms with Crippen LogP contribution in [0.1, 0.15) is 84.6 Å². The minimum atomic E-state index is -1.76. The standard InChI is InChI=1S/2C21H23.C2H4.CH3.2ClH.Zr/c2*1-5-15-13-17-7-6-8-19(20(17)14-15)16-9-11-18(12-10-16)21(2,3)4;1-2;;;;/h2*6-14H,5H2,1-4H3;1H,2H3;1H3;2*1H;/q2*-1;;-1;;;+2/p-2. The molecule has 0 aromatic heterocycles. The predicted molar refractivity (Wildman–Crippen MR) is 216 cm³/mol. The summed E-state index contributed by atoms with van der Waals surface area (Å²) in [5.41, 5.74) is 11.3. The van der Waals surface area contributed by atoms with Gasteiger partial charge in [0, 0.05) is 0 Å². The largest absolute Gasteiger partial charge is 0.358 e. The first-order valence-corrected chi connectivity index (χ1v) is 24.6. The summed E-state index contributed by atoms with van der Waals surface area (Å²) >= 11 is -1.76. The molecule has 6 aromatic carbocycles. The maximum atomic E-state index is 5.37. The van der Waals surface area contributed by atoms with E-state index in [2.05, 4.69) is 165 Å². The third-order valence-electron chi connectivity index (χ3n) is 8.78. The second-order valence-electron chi connectivity index (χ2n) is 14.3. The first-order chi connectivity index (χ1) is 22.2. The molecule has 0 aliphatic heterocycles. The molecule has 0 spiro atoms. The minimum absolute atomic E-state index is 0. The molecule has 0 aliphatic carbocycles. The molecule has 0 amide bonds. The Morgan fingerprint density at radius 2 is 0.917 bits per heavy atom. The average Bonchev–Trinajstić information content (AvgIpc) is 3.69. The van der Waals surface area contributed by atoms with Crippen molar-refractivity contribution in [3.63, 3.8) is 0 Å². The van der Waals surface area contributed by atoms with Gasteiger partial charge in [0.25, 0.3) is 0 Å². The molecule has 0 saturated carbocycles. The van der Waals surface area contributed by atoms with E-state index in [4.69, 9.17) is 17.0 Å². The van der Waals surface area contributed by atoms with Crippen LogP contribution in [0.25, 0.3) is 43.8 Å². The van der Waals surface area contributed by atoms with Crippen molar-refractivity contribution in [1.29, 1.82) is 0 Å². The smallest absolute Gasteiger partial charge is 0.358 e. The number of halogens is 2. The summed E-state index contributed by atoms with van der Waals surface area (Å²) in [6, 6.07) is 40.6. The Hall–Kier alpha value is -2.57. The van der Waals surface area contributed by atoms with Crippen LogP contribution in [0.3, 0.4) is 0 Å². The van der Waals surface area contributed by atoms with Gasteiger partial charge in [-0.1, -0.05) is 127 Å². The predicted octanol–water partition coefficient (Wildman–Crippen LogP) is 14.4. The Bertz CT molecular complexity index is 1780. The van der Waals surface area contributed by atoms with Crippen molar-refractivity contribution in [2.45, 2.75) is 86.0 Å². The van der Waals surface area contributed by atoms with E-state index in [-0.39, 0.29) is 18.3 Å². The maximum absolute atomic E-state index is 5.37. The third-order valence-corrected chi connectivity index (χ3v) is 12.4. The van der Waals surface area contributed by atoms with Crippen molar-refractivity contribution in [2.24, 2.45) is 0 Å². The van der Waals surface area contributed by atoms with E-state index in [0.717, 1.165) is 12.8 Å². The zero-order valence-corrected chi connectivity index (χ0v) is 34.6. The fraction of sp³-hybridized carbons (Fsp3) is 0.289. The third kappa shape index (κ3) is 10.2. The summed E-state index contributed by atoms with van der Waals surface area (Å²) in [6.45, 7) is 19.9. The number of benzene rings is 4. The average molecular weight is 756 g/mol. The molecule has 6 aromatic rings. The van der Waals surface area contributed by atoms with Crippen molar-refractivity contribution in [3.05, 3.63) is 139 Å². The Balaban J connectivity index is 0.000000225. The molecule has 254 valence electrons. The summed E-state index contributed by atoms with van der Waals surface area (Å²) in [4.78, 5) is 0. The second kappa shape index (κ2) is 17.4. The molecule has 0 heterocycles. The summed E-state index contributed by atoms with van der Waals surface area (Å²) < 4.78 is 1.89. The fourth-order valence-electron chi connectivity index (χ4n) is 5.80. The van der Waals surface area contributed by atoms with Crippen LogP contribution >= 0.6 is 17.0 Å². The van der Waals surface area contributed by atoms with E-state index >= 15 is 0 Å². The number of fused-ring (bicyclic) bond motifs is 2. The van der Waals surface area contributed by atoms with E-state index in [1.165, 1.54) is 66.1 Å². The van der Waals surface area contributed by atoms with Crippen LogP contribution < -0.4 is 0 Å². The molecule has 6 rings (SSSR count). The maximum Gasteiger partial charge on any atom is -0.358 e. The van der Waals surface area contributed by atoms with Crippen LogP contribution in [0.15, 0.2) is 109 Å². The zero-order chi connectivity index (χ0) is 34.4. The van der Waals surface area contributed by atoms with E-state index < -0.39 is 18.9 Å². The molecule has 48 heavy (non-hydrogen) atoms. The Labute approximate surface area is 306 Å². The quantitative estimate of drug-likeness (QED) is 0.157. The van der Waals surface area contributed by atoms with Crippen molar-refractivity contribution < 1.29 is 18.9 Å². The molecule has 3 heteroatoms. The molecule has 0 saturated heterocycles. The Morgan fingerprint density at radius 3 is 1.19 bits per heavy atom. The van der Waals surface area contributed by atoms with Crippen molar-refractivity contribution in [3.8, 4) is 22.3 Å². The van der Waals surface area contributed by atoms with Gasteiger partial charge in [-0.3, -0.25) is 0 Å². The minimum Gasteiger partial charge on any atom is -0.358 e. The molecular weight excluding hydrogens is 703 g/mol. The van der Waals surface area contributed by atoms with Crippen LogP contribution in [0.4, 0.5) is 0 Å². The first-order valence-electron chi connectivity index (χ1n) is 16.8. The molecule has 0 atom stereocenters. The van der Waals surface area contributed by atoms with Crippen LogP contribution in [0, 0.1) is 7.43 Å². The van der Waals surface area contributed by atoms with E-state index in [9.17, 15) is 0 Å². The van der Waals surface area contributed by atoms with Gasteiger partial charge in [-0.15, -0.1) is 69.1 Å². The van der Waals surface area contributed by atoms with Gasteiger partial charge in [-0.05, 0) is 45.9 Å². The number of rotatable bonds is 4. The SMILES string of the molecule is CCc1cc2c(-c3ccc(C(C)(C)C)cc3)cccc2[cH-]1.CCc1cc2c(-c3ccc(C(C)(C)C)cc3)cccc2[cH-]1.C[CH]=[Zr]([Cl])[Cl].[CH3-]. The molecule has 0 bridgehead atoms. The number of aryl methyl sites for hydroxylation is 2. The van der Waals surface area contributed by atoms with Crippen LogP contribution in [-0.2, 0) is 42.6 Å². The van der Waals surface area contributed by atoms with Gasteiger partial charge in [0.1, 0.15) is 0 Å². The van der Waals surface area contributed by atoms with E-state index in [1.54, 1.807) is 0 Å². The molecule has 0 radical (unpaired) electrons. The molecule has 0 N–H and O–H groups in total. The van der Waals surface area contributed by atoms with Gasteiger partial charge in [-0.2, -0.15) is 12.1 Å². The van der Waals surface area contributed by atoms with Gasteiger partial charge in [-0.25, -0.2) is 0 Å². The molecule has 0 fully saturated rings. The van der Waals surface area contributed by atoms with Crippen molar-refractivity contribution >= 4 is 42.3 Å².